The van der Waals surface area contributed by atoms with Crippen LogP contribution in [0.15, 0.2) is 18.5 Å². The molecule has 1 aromatic rings. The first-order valence-electron chi connectivity index (χ1n) is 4.39. The molecular weight excluding hydrogens is 150 g/mol. The Kier molecular flexibility index (Phi) is 1.98. The van der Waals surface area contributed by atoms with Crippen molar-refractivity contribution >= 4 is 0 Å². The predicted octanol–water partition coefficient (Wildman–Crippen LogP) is 2.36. The van der Waals surface area contributed by atoms with Gasteiger partial charge in [0.2, 0.25) is 0 Å². The first-order chi connectivity index (χ1) is 5.90. The van der Waals surface area contributed by atoms with E-state index in [4.69, 9.17) is 4.74 Å². The molecule has 0 spiro atoms. The minimum absolute atomic E-state index is 0.743. The molecule has 1 heterocycles. The molecule has 1 aliphatic carbocycles. The average Bonchev–Trinajstić information content (AvgIpc) is 2.02. The molecule has 1 fully saturated rings. The third kappa shape index (κ3) is 1.29. The minimum atomic E-state index is 0.743. The van der Waals surface area contributed by atoms with Crippen molar-refractivity contribution in [2.75, 3.05) is 7.11 Å². The molecule has 0 aliphatic heterocycles. The summed E-state index contributed by atoms with van der Waals surface area (Å²) in [5.74, 6) is 1.62. The summed E-state index contributed by atoms with van der Waals surface area (Å²) in [6, 6.07) is 2.09. The van der Waals surface area contributed by atoms with E-state index in [1.807, 2.05) is 6.20 Å². The summed E-state index contributed by atoms with van der Waals surface area (Å²) in [6.45, 7) is 0. The average molecular weight is 163 g/mol. The lowest BCUT2D eigenvalue weighted by Crippen LogP contribution is -2.08. The van der Waals surface area contributed by atoms with Gasteiger partial charge in [0.25, 0.3) is 0 Å². The van der Waals surface area contributed by atoms with Crippen LogP contribution in [0.1, 0.15) is 30.7 Å². The predicted molar refractivity (Wildman–Crippen MR) is 47.4 cm³/mol. The van der Waals surface area contributed by atoms with Crippen LogP contribution in [0.2, 0.25) is 0 Å². The molecule has 1 saturated carbocycles. The Morgan fingerprint density at radius 3 is 2.83 bits per heavy atom. The van der Waals surface area contributed by atoms with Crippen LogP contribution in [-0.2, 0) is 0 Å². The van der Waals surface area contributed by atoms with Gasteiger partial charge in [0.15, 0.2) is 0 Å². The Balaban J connectivity index is 2.19. The first-order valence-corrected chi connectivity index (χ1v) is 4.39. The first kappa shape index (κ1) is 7.59. The number of ether oxygens (including phenoxy) is 1. The van der Waals surface area contributed by atoms with Gasteiger partial charge in [0, 0.05) is 6.20 Å². The second kappa shape index (κ2) is 3.13. The number of pyridine rings is 1. The molecule has 64 valence electrons. The zero-order valence-corrected chi connectivity index (χ0v) is 7.29. The Hall–Kier alpha value is -1.05. The summed E-state index contributed by atoms with van der Waals surface area (Å²) < 4.78 is 5.11. The fraction of sp³-hybridized carbons (Fsp3) is 0.500. The van der Waals surface area contributed by atoms with Gasteiger partial charge in [-0.05, 0) is 30.4 Å². The van der Waals surface area contributed by atoms with Crippen LogP contribution in [0.5, 0.6) is 5.75 Å². The van der Waals surface area contributed by atoms with Gasteiger partial charge in [0.1, 0.15) is 5.75 Å². The van der Waals surface area contributed by atoms with Crippen molar-refractivity contribution in [3.63, 3.8) is 0 Å². The molecule has 0 radical (unpaired) electrons. The van der Waals surface area contributed by atoms with Crippen LogP contribution >= 0.6 is 0 Å². The SMILES string of the molecule is COc1cncc(C2CCC2)c1. The summed E-state index contributed by atoms with van der Waals surface area (Å²) in [6.07, 6.45) is 7.69. The number of rotatable bonds is 2. The maximum absolute atomic E-state index is 5.11. The van der Waals surface area contributed by atoms with E-state index in [-0.39, 0.29) is 0 Å². The number of aromatic nitrogens is 1. The summed E-state index contributed by atoms with van der Waals surface area (Å²) in [4.78, 5) is 4.13. The number of hydrogen-bond acceptors (Lipinski definition) is 2. The fourth-order valence-electron chi connectivity index (χ4n) is 1.51. The quantitative estimate of drug-likeness (QED) is 0.667. The van der Waals surface area contributed by atoms with Crippen molar-refractivity contribution < 1.29 is 4.74 Å². The van der Waals surface area contributed by atoms with Crippen molar-refractivity contribution in [3.8, 4) is 5.75 Å². The number of methoxy groups -OCH3 is 1. The molecule has 2 rings (SSSR count). The van der Waals surface area contributed by atoms with Gasteiger partial charge in [-0.3, -0.25) is 4.98 Å². The molecular formula is C10H13NO. The maximum atomic E-state index is 5.11. The Morgan fingerprint density at radius 2 is 2.25 bits per heavy atom. The molecule has 2 nitrogen and oxygen atoms in total. The second-order valence-corrected chi connectivity index (χ2v) is 3.29. The molecule has 1 aliphatic rings. The van der Waals surface area contributed by atoms with E-state index >= 15 is 0 Å². The van der Waals surface area contributed by atoms with Gasteiger partial charge >= 0.3 is 0 Å². The van der Waals surface area contributed by atoms with Gasteiger partial charge in [0.05, 0.1) is 13.3 Å². The van der Waals surface area contributed by atoms with E-state index in [1.165, 1.54) is 24.8 Å². The van der Waals surface area contributed by atoms with Crippen molar-refractivity contribution in [1.29, 1.82) is 0 Å². The Morgan fingerprint density at radius 1 is 1.42 bits per heavy atom. The Labute approximate surface area is 72.6 Å². The van der Waals surface area contributed by atoms with E-state index in [0.717, 1.165) is 11.7 Å². The largest absolute Gasteiger partial charge is 0.495 e. The van der Waals surface area contributed by atoms with Gasteiger partial charge in [-0.2, -0.15) is 0 Å². The normalized spacial score (nSPS) is 17.1. The molecule has 0 saturated heterocycles. The van der Waals surface area contributed by atoms with E-state index < -0.39 is 0 Å². The summed E-state index contributed by atoms with van der Waals surface area (Å²) in [5, 5.41) is 0. The molecule has 0 bridgehead atoms. The van der Waals surface area contributed by atoms with Crippen molar-refractivity contribution in [2.45, 2.75) is 25.2 Å². The van der Waals surface area contributed by atoms with E-state index in [2.05, 4.69) is 11.1 Å². The molecule has 0 unspecified atom stereocenters. The van der Waals surface area contributed by atoms with E-state index in [0.29, 0.717) is 0 Å². The third-order valence-corrected chi connectivity index (χ3v) is 2.55. The van der Waals surface area contributed by atoms with Gasteiger partial charge in [-0.1, -0.05) is 6.42 Å². The number of nitrogens with zero attached hydrogens (tertiary/aromatic N) is 1. The monoisotopic (exact) mass is 163 g/mol. The highest BCUT2D eigenvalue weighted by molar-refractivity contribution is 5.27. The van der Waals surface area contributed by atoms with Crippen LogP contribution in [0.25, 0.3) is 0 Å². The van der Waals surface area contributed by atoms with Crippen LogP contribution in [0.4, 0.5) is 0 Å². The molecule has 2 heteroatoms. The highest BCUT2D eigenvalue weighted by Gasteiger charge is 2.19. The maximum Gasteiger partial charge on any atom is 0.137 e. The smallest absolute Gasteiger partial charge is 0.137 e. The van der Waals surface area contributed by atoms with Crippen LogP contribution in [-0.4, -0.2) is 12.1 Å². The van der Waals surface area contributed by atoms with Crippen LogP contribution in [0.3, 0.4) is 0 Å². The van der Waals surface area contributed by atoms with Crippen molar-refractivity contribution in [3.05, 3.63) is 24.0 Å². The van der Waals surface area contributed by atoms with Crippen molar-refractivity contribution in [2.24, 2.45) is 0 Å². The lowest BCUT2D eigenvalue weighted by molar-refractivity contribution is 0.400. The highest BCUT2D eigenvalue weighted by Crippen LogP contribution is 2.36. The molecule has 0 amide bonds. The topological polar surface area (TPSA) is 22.1 Å². The van der Waals surface area contributed by atoms with Gasteiger partial charge < -0.3 is 4.74 Å². The number of hydrogen-bond donors (Lipinski definition) is 0. The van der Waals surface area contributed by atoms with Crippen molar-refractivity contribution in [1.82, 2.24) is 4.98 Å². The molecule has 0 aromatic carbocycles. The van der Waals surface area contributed by atoms with Gasteiger partial charge in [-0.25, -0.2) is 0 Å². The zero-order chi connectivity index (χ0) is 8.39. The second-order valence-electron chi connectivity index (χ2n) is 3.29. The standard InChI is InChI=1S/C10H13NO/c1-12-10-5-9(6-11-7-10)8-3-2-4-8/h5-8H,2-4H2,1H3. The van der Waals surface area contributed by atoms with E-state index in [9.17, 15) is 0 Å². The minimum Gasteiger partial charge on any atom is -0.495 e. The lowest BCUT2D eigenvalue weighted by Gasteiger charge is -2.25. The molecule has 12 heavy (non-hydrogen) atoms. The van der Waals surface area contributed by atoms with Crippen LogP contribution in [0, 0.1) is 0 Å². The Bertz CT molecular complexity index is 268. The fourth-order valence-corrected chi connectivity index (χ4v) is 1.51. The summed E-state index contributed by atoms with van der Waals surface area (Å²) >= 11 is 0. The lowest BCUT2D eigenvalue weighted by atomic mass is 9.81. The zero-order valence-electron chi connectivity index (χ0n) is 7.29. The highest BCUT2D eigenvalue weighted by atomic mass is 16.5. The van der Waals surface area contributed by atoms with Crippen LogP contribution < -0.4 is 4.74 Å². The molecule has 1 aromatic heterocycles. The summed E-state index contributed by atoms with van der Waals surface area (Å²) in [5.41, 5.74) is 1.33. The molecule has 0 N–H and O–H groups in total. The van der Waals surface area contributed by atoms with Gasteiger partial charge in [-0.15, -0.1) is 0 Å². The third-order valence-electron chi connectivity index (χ3n) is 2.55. The molecule has 0 atom stereocenters. The van der Waals surface area contributed by atoms with E-state index in [1.54, 1.807) is 13.3 Å². The summed E-state index contributed by atoms with van der Waals surface area (Å²) in [7, 11) is 1.68.